The van der Waals surface area contributed by atoms with Gasteiger partial charge >= 0.3 is 6.03 Å². The highest BCUT2D eigenvalue weighted by atomic mass is 35.5. The normalized spacial score (nSPS) is 9.53. The van der Waals surface area contributed by atoms with Crippen molar-refractivity contribution in [1.29, 1.82) is 0 Å². The van der Waals surface area contributed by atoms with Crippen LogP contribution < -0.4 is 10.7 Å². The zero-order valence-electron chi connectivity index (χ0n) is 9.91. The summed E-state index contributed by atoms with van der Waals surface area (Å²) in [5.41, 5.74) is 3.03. The van der Waals surface area contributed by atoms with Gasteiger partial charge in [-0.3, -0.25) is 5.43 Å². The molecule has 0 radical (unpaired) electrons. The third kappa shape index (κ3) is 5.11. The fourth-order valence-electron chi connectivity index (χ4n) is 1.23. The Bertz CT molecular complexity index is 530. The highest BCUT2D eigenvalue weighted by Crippen LogP contribution is 2.24. The van der Waals surface area contributed by atoms with Crippen LogP contribution in [0.2, 0.25) is 10.0 Å². The lowest BCUT2D eigenvalue weighted by molar-refractivity contribution is 0.211. The first-order valence-corrected chi connectivity index (χ1v) is 5.97. The van der Waals surface area contributed by atoms with Crippen molar-refractivity contribution in [2.75, 3.05) is 18.4 Å². The second kappa shape index (κ2) is 7.56. The van der Waals surface area contributed by atoms with Gasteiger partial charge in [0, 0.05) is 5.69 Å². The van der Waals surface area contributed by atoms with Crippen LogP contribution in [-0.4, -0.2) is 24.1 Å². The SMILES string of the molecule is C#CCN(CC#C)NC(=O)Nc1ccc(Cl)c(Cl)c1. The largest absolute Gasteiger partial charge is 0.333 e. The molecule has 0 aliphatic rings. The van der Waals surface area contributed by atoms with E-state index in [1.165, 1.54) is 11.1 Å². The third-order valence-corrected chi connectivity index (χ3v) is 2.74. The molecule has 1 rings (SSSR count). The molecule has 0 aliphatic heterocycles. The van der Waals surface area contributed by atoms with Gasteiger partial charge in [0.05, 0.1) is 23.1 Å². The predicted molar refractivity (Wildman–Crippen MR) is 77.9 cm³/mol. The Balaban J connectivity index is 2.61. The molecule has 0 atom stereocenters. The first-order valence-electron chi connectivity index (χ1n) is 5.21. The Labute approximate surface area is 122 Å². The van der Waals surface area contributed by atoms with Crippen LogP contribution in [-0.2, 0) is 0 Å². The minimum absolute atomic E-state index is 0.207. The lowest BCUT2D eigenvalue weighted by Gasteiger charge is -2.18. The van der Waals surface area contributed by atoms with Crippen molar-refractivity contribution in [2.24, 2.45) is 0 Å². The number of terminal acetylenes is 2. The smallest absolute Gasteiger partial charge is 0.307 e. The maximum Gasteiger partial charge on any atom is 0.333 e. The summed E-state index contributed by atoms with van der Waals surface area (Å²) in [6.45, 7) is 0.415. The molecular formula is C13H11Cl2N3O. The monoisotopic (exact) mass is 295 g/mol. The van der Waals surface area contributed by atoms with E-state index < -0.39 is 6.03 Å². The van der Waals surface area contributed by atoms with Crippen LogP contribution in [0.25, 0.3) is 0 Å². The van der Waals surface area contributed by atoms with Crippen LogP contribution in [0, 0.1) is 24.7 Å². The number of halogens is 2. The number of hydrogen-bond acceptors (Lipinski definition) is 2. The van der Waals surface area contributed by atoms with Crippen LogP contribution in [0.4, 0.5) is 10.5 Å². The molecule has 2 N–H and O–H groups in total. The second-order valence-electron chi connectivity index (χ2n) is 3.46. The number of carbonyl (C=O) groups is 1. The standard InChI is InChI=1S/C13H11Cl2N3O/c1-3-7-18(8-4-2)17-13(19)16-10-5-6-11(14)12(15)9-10/h1-2,5-6,9H,7-8H2,(H2,16,17,19). The summed E-state index contributed by atoms with van der Waals surface area (Å²) < 4.78 is 0. The first kappa shape index (κ1) is 15.2. The predicted octanol–water partition coefficient (Wildman–Crippen LogP) is 2.60. The first-order chi connectivity index (χ1) is 9.06. The number of urea groups is 1. The number of anilines is 1. The number of nitrogens with one attached hydrogen (secondary N) is 2. The van der Waals surface area contributed by atoms with Gasteiger partial charge in [0.1, 0.15) is 0 Å². The van der Waals surface area contributed by atoms with Gasteiger partial charge in [0.25, 0.3) is 0 Å². The van der Waals surface area contributed by atoms with E-state index in [0.717, 1.165) is 0 Å². The van der Waals surface area contributed by atoms with E-state index in [4.69, 9.17) is 36.0 Å². The Morgan fingerprint density at radius 1 is 1.21 bits per heavy atom. The van der Waals surface area contributed by atoms with Gasteiger partial charge in [-0.25, -0.2) is 4.79 Å². The van der Waals surface area contributed by atoms with Gasteiger partial charge in [-0.15, -0.1) is 12.8 Å². The molecule has 0 fully saturated rings. The molecule has 0 aliphatic carbocycles. The van der Waals surface area contributed by atoms with Crippen LogP contribution in [0.5, 0.6) is 0 Å². The summed E-state index contributed by atoms with van der Waals surface area (Å²) in [5.74, 6) is 4.78. The van der Waals surface area contributed by atoms with Crippen molar-refractivity contribution < 1.29 is 4.79 Å². The molecule has 2 amide bonds. The fraction of sp³-hybridized carbons (Fsp3) is 0.154. The van der Waals surface area contributed by atoms with E-state index in [1.807, 2.05) is 0 Å². The van der Waals surface area contributed by atoms with Crippen LogP contribution >= 0.6 is 23.2 Å². The highest BCUT2D eigenvalue weighted by Gasteiger charge is 2.08. The van der Waals surface area contributed by atoms with Crippen molar-refractivity contribution >= 4 is 34.9 Å². The van der Waals surface area contributed by atoms with E-state index in [1.54, 1.807) is 12.1 Å². The number of carbonyl (C=O) groups excluding carboxylic acids is 1. The number of rotatable bonds is 4. The average molecular weight is 296 g/mol. The topological polar surface area (TPSA) is 44.4 Å². The second-order valence-corrected chi connectivity index (χ2v) is 4.27. The zero-order chi connectivity index (χ0) is 14.3. The summed E-state index contributed by atoms with van der Waals surface area (Å²) in [6.07, 6.45) is 10.3. The molecule has 1 aromatic rings. The summed E-state index contributed by atoms with van der Waals surface area (Å²) >= 11 is 11.6. The number of hydrazine groups is 1. The summed E-state index contributed by atoms with van der Waals surface area (Å²) in [5, 5.41) is 4.77. The van der Waals surface area contributed by atoms with Gasteiger partial charge < -0.3 is 5.32 Å². The number of hydrogen-bond donors (Lipinski definition) is 2. The maximum atomic E-state index is 11.7. The molecule has 98 valence electrons. The van der Waals surface area contributed by atoms with Gasteiger partial charge in [-0.2, -0.15) is 5.01 Å². The third-order valence-electron chi connectivity index (χ3n) is 2.00. The summed E-state index contributed by atoms with van der Waals surface area (Å²) in [6, 6.07) is 4.28. The minimum atomic E-state index is -0.469. The van der Waals surface area contributed by atoms with E-state index >= 15 is 0 Å². The Kier molecular flexibility index (Phi) is 6.05. The summed E-state index contributed by atoms with van der Waals surface area (Å²) in [7, 11) is 0. The van der Waals surface area contributed by atoms with Crippen LogP contribution in [0.15, 0.2) is 18.2 Å². The molecule has 0 saturated heterocycles. The molecule has 0 aromatic heterocycles. The molecule has 0 unspecified atom stereocenters. The molecule has 19 heavy (non-hydrogen) atoms. The van der Waals surface area contributed by atoms with Crippen molar-refractivity contribution in [3.05, 3.63) is 28.2 Å². The van der Waals surface area contributed by atoms with Gasteiger partial charge in [0.2, 0.25) is 0 Å². The number of amides is 2. The Hall–Kier alpha value is -1.85. The van der Waals surface area contributed by atoms with Crippen molar-refractivity contribution in [2.45, 2.75) is 0 Å². The Morgan fingerprint density at radius 2 is 1.84 bits per heavy atom. The Morgan fingerprint density at radius 3 is 2.37 bits per heavy atom. The maximum absolute atomic E-state index is 11.7. The number of benzene rings is 1. The lowest BCUT2D eigenvalue weighted by Crippen LogP contribution is -2.44. The van der Waals surface area contributed by atoms with Gasteiger partial charge in [-0.05, 0) is 18.2 Å². The highest BCUT2D eigenvalue weighted by molar-refractivity contribution is 6.42. The van der Waals surface area contributed by atoms with E-state index in [-0.39, 0.29) is 13.1 Å². The molecular weight excluding hydrogens is 285 g/mol. The van der Waals surface area contributed by atoms with Crippen molar-refractivity contribution in [1.82, 2.24) is 10.4 Å². The molecule has 4 nitrogen and oxygen atoms in total. The molecule has 0 saturated carbocycles. The molecule has 6 heteroatoms. The summed E-state index contributed by atoms with van der Waals surface area (Å²) in [4.78, 5) is 11.7. The number of nitrogens with zero attached hydrogens (tertiary/aromatic N) is 1. The van der Waals surface area contributed by atoms with Crippen molar-refractivity contribution in [3.63, 3.8) is 0 Å². The molecule has 0 bridgehead atoms. The molecule has 0 heterocycles. The fourth-order valence-corrected chi connectivity index (χ4v) is 1.53. The van der Waals surface area contributed by atoms with E-state index in [2.05, 4.69) is 22.6 Å². The van der Waals surface area contributed by atoms with Crippen molar-refractivity contribution in [3.8, 4) is 24.7 Å². The zero-order valence-corrected chi connectivity index (χ0v) is 11.4. The average Bonchev–Trinajstić information content (AvgIpc) is 2.34. The molecule has 1 aromatic carbocycles. The van der Waals surface area contributed by atoms with E-state index in [9.17, 15) is 4.79 Å². The van der Waals surface area contributed by atoms with Crippen LogP contribution in [0.3, 0.4) is 0 Å². The quantitative estimate of drug-likeness (QED) is 0.662. The lowest BCUT2D eigenvalue weighted by atomic mass is 10.3. The van der Waals surface area contributed by atoms with Crippen LogP contribution in [0.1, 0.15) is 0 Å². The minimum Gasteiger partial charge on any atom is -0.307 e. The molecule has 0 spiro atoms. The van der Waals surface area contributed by atoms with Gasteiger partial charge in [-0.1, -0.05) is 35.0 Å². The van der Waals surface area contributed by atoms with E-state index in [0.29, 0.717) is 15.7 Å². The van der Waals surface area contributed by atoms with Gasteiger partial charge in [0.15, 0.2) is 0 Å².